The molecular weight excluding hydrogens is 458 g/mol. The zero-order chi connectivity index (χ0) is 19.8. The number of allylic oxidation sites excluding steroid dienone is 2. The van der Waals surface area contributed by atoms with Crippen molar-refractivity contribution in [1.82, 2.24) is 0 Å². The Morgan fingerprint density at radius 1 is 0.464 bits per heavy atom. The molecule has 4 rings (SSSR count). The standard InChI is InChI=1S/C26H28Ge2/c1-27(2)25(21-13-7-5-8-14-21)19-20-26(28(3)4,22-15-9-6-10-16-22)24-18-12-11-17-23(24)25/h5-20H,1-4H3/t25-,26+. The van der Waals surface area contributed by atoms with E-state index in [1.165, 1.54) is 11.1 Å². The monoisotopic (exact) mass is 488 g/mol. The Kier molecular flexibility index (Phi) is 5.46. The van der Waals surface area contributed by atoms with Crippen LogP contribution in [0.1, 0.15) is 22.3 Å². The van der Waals surface area contributed by atoms with Crippen LogP contribution in [-0.2, 0) is 8.49 Å². The number of fused-ring (bicyclic) bond motifs is 1. The van der Waals surface area contributed by atoms with E-state index in [1.807, 2.05) is 0 Å². The molecule has 0 amide bonds. The summed E-state index contributed by atoms with van der Waals surface area (Å²) in [4.78, 5) is 0. The van der Waals surface area contributed by atoms with Crippen molar-refractivity contribution in [3.05, 3.63) is 119 Å². The fraction of sp³-hybridized carbons (Fsp3) is 0.231. The summed E-state index contributed by atoms with van der Waals surface area (Å²) in [5, 5.41) is 0. The Bertz CT molecular complexity index is 895. The second-order valence-corrected chi connectivity index (χ2v) is 19.9. The second kappa shape index (κ2) is 7.72. The molecule has 0 saturated carbocycles. The van der Waals surface area contributed by atoms with E-state index in [2.05, 4.69) is 120 Å². The van der Waals surface area contributed by atoms with Crippen LogP contribution in [-0.4, -0.2) is 28.7 Å². The van der Waals surface area contributed by atoms with E-state index in [0.29, 0.717) is 0 Å². The summed E-state index contributed by atoms with van der Waals surface area (Å²) in [5.41, 5.74) is 6.05. The molecule has 0 heterocycles. The third-order valence-corrected chi connectivity index (χ3v) is 16.1. The van der Waals surface area contributed by atoms with Gasteiger partial charge in [0.15, 0.2) is 0 Å². The predicted octanol–water partition coefficient (Wildman–Crippen LogP) is 6.42. The molecular formula is C26H28Ge2. The Hall–Kier alpha value is -1.51. The minimum absolute atomic E-state index is 0.0872. The number of benzene rings is 3. The zero-order valence-electron chi connectivity index (χ0n) is 17.2. The van der Waals surface area contributed by atoms with Gasteiger partial charge >= 0.3 is 180 Å². The summed E-state index contributed by atoms with van der Waals surface area (Å²) in [5.74, 6) is 10.1. The maximum atomic E-state index is 2.62. The molecule has 3 aromatic carbocycles. The molecule has 2 heteroatoms. The molecule has 1 aliphatic carbocycles. The molecule has 0 aliphatic heterocycles. The van der Waals surface area contributed by atoms with E-state index in [4.69, 9.17) is 0 Å². The predicted molar refractivity (Wildman–Crippen MR) is 125 cm³/mol. The van der Waals surface area contributed by atoms with Gasteiger partial charge in [-0.25, -0.2) is 0 Å². The fourth-order valence-electron chi connectivity index (χ4n) is 4.96. The molecule has 0 nitrogen and oxygen atoms in total. The molecule has 0 unspecified atom stereocenters. The summed E-state index contributed by atoms with van der Waals surface area (Å²) < 4.78 is 0.174. The summed E-state index contributed by atoms with van der Waals surface area (Å²) >= 11 is -2.84. The normalized spacial score (nSPS) is 23.8. The molecule has 0 spiro atoms. The molecule has 2 radical (unpaired) electrons. The van der Waals surface area contributed by atoms with Gasteiger partial charge in [0.25, 0.3) is 0 Å². The number of hydrogen-bond donors (Lipinski definition) is 0. The number of rotatable bonds is 4. The first kappa shape index (κ1) is 19.8. The van der Waals surface area contributed by atoms with E-state index in [0.717, 1.165) is 0 Å². The van der Waals surface area contributed by atoms with Crippen molar-refractivity contribution in [1.29, 1.82) is 0 Å². The summed E-state index contributed by atoms with van der Waals surface area (Å²) in [6, 6.07) is 31.8. The van der Waals surface area contributed by atoms with E-state index < -0.39 is 28.7 Å². The van der Waals surface area contributed by atoms with Crippen LogP contribution in [0.15, 0.2) is 97.1 Å². The van der Waals surface area contributed by atoms with Gasteiger partial charge in [0.1, 0.15) is 0 Å². The van der Waals surface area contributed by atoms with Crippen LogP contribution >= 0.6 is 0 Å². The SMILES string of the molecule is [CH3][Ge]([CH3])[C@]1(c2ccccc2)C=C[C@](c2ccccc2)([Ge]([CH3])[CH3])c2ccccc21. The second-order valence-electron chi connectivity index (χ2n) is 8.23. The first-order chi connectivity index (χ1) is 13.5. The zero-order valence-corrected chi connectivity index (χ0v) is 21.4. The molecule has 0 fully saturated rings. The molecule has 140 valence electrons. The van der Waals surface area contributed by atoms with E-state index in [1.54, 1.807) is 11.1 Å². The maximum absolute atomic E-state index is 2.62. The van der Waals surface area contributed by atoms with E-state index in [9.17, 15) is 0 Å². The first-order valence-corrected chi connectivity index (χ1v) is 20.5. The van der Waals surface area contributed by atoms with E-state index >= 15 is 0 Å². The van der Waals surface area contributed by atoms with Gasteiger partial charge in [0, 0.05) is 0 Å². The van der Waals surface area contributed by atoms with Gasteiger partial charge < -0.3 is 0 Å². The van der Waals surface area contributed by atoms with Crippen LogP contribution in [0.25, 0.3) is 0 Å². The van der Waals surface area contributed by atoms with Gasteiger partial charge in [-0.15, -0.1) is 0 Å². The van der Waals surface area contributed by atoms with Crippen molar-refractivity contribution in [3.63, 3.8) is 0 Å². The summed E-state index contributed by atoms with van der Waals surface area (Å²) in [7, 11) is 0. The Labute approximate surface area is 178 Å². The number of hydrogen-bond acceptors (Lipinski definition) is 0. The van der Waals surface area contributed by atoms with Gasteiger partial charge in [-0.05, 0) is 0 Å². The Morgan fingerprint density at radius 2 is 0.786 bits per heavy atom. The van der Waals surface area contributed by atoms with Crippen LogP contribution < -0.4 is 0 Å². The first-order valence-electron chi connectivity index (χ1n) is 10.1. The molecule has 0 bridgehead atoms. The van der Waals surface area contributed by atoms with Crippen LogP contribution in [0.2, 0.25) is 23.0 Å². The average Bonchev–Trinajstić information content (AvgIpc) is 2.74. The quantitative estimate of drug-likeness (QED) is 0.296. The van der Waals surface area contributed by atoms with Crippen LogP contribution in [0.4, 0.5) is 0 Å². The Morgan fingerprint density at radius 3 is 1.11 bits per heavy atom. The van der Waals surface area contributed by atoms with Gasteiger partial charge in [-0.1, -0.05) is 0 Å². The Balaban J connectivity index is 2.07. The van der Waals surface area contributed by atoms with Crippen molar-refractivity contribution in [2.75, 3.05) is 0 Å². The third-order valence-electron chi connectivity index (χ3n) is 6.40. The van der Waals surface area contributed by atoms with Crippen molar-refractivity contribution in [2.45, 2.75) is 31.5 Å². The van der Waals surface area contributed by atoms with Gasteiger partial charge in [-0.2, -0.15) is 0 Å². The van der Waals surface area contributed by atoms with Gasteiger partial charge in [0.2, 0.25) is 0 Å². The summed E-state index contributed by atoms with van der Waals surface area (Å²) in [6.07, 6.45) is 5.24. The third kappa shape index (κ3) is 2.88. The topological polar surface area (TPSA) is 0 Å². The molecule has 2 atom stereocenters. The molecule has 0 aromatic heterocycles. The van der Waals surface area contributed by atoms with Crippen molar-refractivity contribution in [3.8, 4) is 0 Å². The van der Waals surface area contributed by atoms with Crippen LogP contribution in [0, 0.1) is 0 Å². The minimum atomic E-state index is -1.42. The van der Waals surface area contributed by atoms with Gasteiger partial charge in [-0.3, -0.25) is 0 Å². The molecule has 1 aliphatic rings. The molecule has 0 saturated heterocycles. The van der Waals surface area contributed by atoms with Gasteiger partial charge in [0.05, 0.1) is 0 Å². The summed E-state index contributed by atoms with van der Waals surface area (Å²) in [6.45, 7) is 0. The molecule has 28 heavy (non-hydrogen) atoms. The average molecular weight is 486 g/mol. The van der Waals surface area contributed by atoms with Crippen molar-refractivity contribution >= 4 is 28.7 Å². The molecule has 3 aromatic rings. The van der Waals surface area contributed by atoms with Crippen molar-refractivity contribution < 1.29 is 0 Å². The van der Waals surface area contributed by atoms with E-state index in [-0.39, 0.29) is 8.49 Å². The van der Waals surface area contributed by atoms with Crippen LogP contribution in [0.3, 0.4) is 0 Å². The van der Waals surface area contributed by atoms with Crippen molar-refractivity contribution in [2.24, 2.45) is 0 Å². The molecule has 0 N–H and O–H groups in total. The van der Waals surface area contributed by atoms with Crippen LogP contribution in [0.5, 0.6) is 0 Å². The fourth-order valence-corrected chi connectivity index (χ4v) is 13.0.